The van der Waals surface area contributed by atoms with E-state index >= 15 is 0 Å². The van der Waals surface area contributed by atoms with Crippen molar-refractivity contribution in [3.05, 3.63) is 24.3 Å². The summed E-state index contributed by atoms with van der Waals surface area (Å²) in [6.45, 7) is 4.00. The maximum Gasteiger partial charge on any atom is 0.337 e. The number of hydrogen-bond acceptors (Lipinski definition) is 6. The highest BCUT2D eigenvalue weighted by Crippen LogP contribution is 2.30. The molecular weight excluding hydrogens is 366 g/mol. The van der Waals surface area contributed by atoms with Crippen molar-refractivity contribution in [1.82, 2.24) is 5.32 Å². The summed E-state index contributed by atoms with van der Waals surface area (Å²) in [5, 5.41) is 20.2. The minimum Gasteiger partial charge on any atom is -0.479 e. The number of aliphatic carboxylic acids is 1. The number of amides is 1. The molecule has 1 rings (SSSR count). The van der Waals surface area contributed by atoms with Gasteiger partial charge < -0.3 is 15.5 Å². The second-order valence-corrected chi connectivity index (χ2v) is 9.28. The smallest absolute Gasteiger partial charge is 0.337 e. The van der Waals surface area contributed by atoms with E-state index in [4.69, 9.17) is 5.11 Å². The molecule has 25 heavy (non-hydrogen) atoms. The van der Waals surface area contributed by atoms with E-state index in [1.54, 1.807) is 32.0 Å². The Morgan fingerprint density at radius 3 is 2.48 bits per heavy atom. The van der Waals surface area contributed by atoms with Gasteiger partial charge in [-0.3, -0.25) is 4.79 Å². The molecule has 0 aromatic heterocycles. The van der Waals surface area contributed by atoms with Crippen LogP contribution in [0.1, 0.15) is 27.2 Å². The number of thioether (sulfide) groups is 1. The van der Waals surface area contributed by atoms with E-state index in [2.05, 4.69) is 5.32 Å². The summed E-state index contributed by atoms with van der Waals surface area (Å²) in [5.41, 5.74) is -2.07. The van der Waals surface area contributed by atoms with Gasteiger partial charge in [0.25, 0.3) is 0 Å². The lowest BCUT2D eigenvalue weighted by Crippen LogP contribution is -2.48. The van der Waals surface area contributed by atoms with Gasteiger partial charge >= 0.3 is 5.97 Å². The van der Waals surface area contributed by atoms with Crippen LogP contribution in [0.2, 0.25) is 0 Å². The van der Waals surface area contributed by atoms with E-state index in [9.17, 15) is 23.1 Å². The molecule has 0 radical (unpaired) electrons. The SMILES string of the molecule is CCCS(=O)(=O)c1ccccc1SC(C)C(=O)NCC(C)(O)C(=O)O. The summed E-state index contributed by atoms with van der Waals surface area (Å²) in [6, 6.07) is 6.45. The first-order chi connectivity index (χ1) is 11.5. The Morgan fingerprint density at radius 2 is 1.92 bits per heavy atom. The van der Waals surface area contributed by atoms with Gasteiger partial charge in [-0.2, -0.15) is 0 Å². The Bertz CT molecular complexity index is 730. The predicted octanol–water partition coefficient (Wildman–Crippen LogP) is 1.30. The summed E-state index contributed by atoms with van der Waals surface area (Å²) >= 11 is 1.07. The highest BCUT2D eigenvalue weighted by Gasteiger charge is 2.31. The number of rotatable bonds is 9. The molecule has 0 aliphatic heterocycles. The van der Waals surface area contributed by atoms with Crippen molar-refractivity contribution in [2.45, 2.75) is 47.8 Å². The Balaban J connectivity index is 2.86. The molecule has 9 heteroatoms. The zero-order valence-corrected chi connectivity index (χ0v) is 16.0. The van der Waals surface area contributed by atoms with Crippen LogP contribution in [-0.2, 0) is 19.4 Å². The molecule has 0 aliphatic carbocycles. The van der Waals surface area contributed by atoms with Crippen LogP contribution in [0.15, 0.2) is 34.1 Å². The van der Waals surface area contributed by atoms with Crippen molar-refractivity contribution in [3.63, 3.8) is 0 Å². The molecule has 3 N–H and O–H groups in total. The quantitative estimate of drug-likeness (QED) is 0.544. The van der Waals surface area contributed by atoms with Crippen LogP contribution < -0.4 is 5.32 Å². The van der Waals surface area contributed by atoms with Crippen molar-refractivity contribution >= 4 is 33.5 Å². The van der Waals surface area contributed by atoms with Crippen LogP contribution in [0.5, 0.6) is 0 Å². The molecule has 0 fully saturated rings. The summed E-state index contributed by atoms with van der Waals surface area (Å²) in [7, 11) is -3.43. The van der Waals surface area contributed by atoms with Gasteiger partial charge in [0, 0.05) is 4.90 Å². The molecule has 2 atom stereocenters. The second kappa shape index (κ2) is 8.68. The van der Waals surface area contributed by atoms with Gasteiger partial charge in [0.15, 0.2) is 15.4 Å². The number of benzene rings is 1. The van der Waals surface area contributed by atoms with E-state index in [0.29, 0.717) is 11.3 Å². The van der Waals surface area contributed by atoms with Crippen LogP contribution in [-0.4, -0.2) is 53.7 Å². The molecule has 1 amide bonds. The van der Waals surface area contributed by atoms with Crippen molar-refractivity contribution in [3.8, 4) is 0 Å². The Morgan fingerprint density at radius 1 is 1.32 bits per heavy atom. The molecule has 0 bridgehead atoms. The van der Waals surface area contributed by atoms with Crippen molar-refractivity contribution in [2.75, 3.05) is 12.3 Å². The van der Waals surface area contributed by atoms with E-state index in [0.717, 1.165) is 18.7 Å². The van der Waals surface area contributed by atoms with Crippen LogP contribution in [0.3, 0.4) is 0 Å². The maximum atomic E-state index is 12.3. The molecule has 140 valence electrons. The number of aliphatic hydroxyl groups is 1. The van der Waals surface area contributed by atoms with Gasteiger partial charge in [-0.15, -0.1) is 11.8 Å². The average molecular weight is 389 g/mol. The molecule has 1 aromatic rings. The third-order valence-corrected chi connectivity index (χ3v) is 6.68. The lowest BCUT2D eigenvalue weighted by Gasteiger charge is -2.20. The number of carboxylic acids is 1. The molecule has 0 heterocycles. The Kier molecular flexibility index (Phi) is 7.45. The van der Waals surface area contributed by atoms with Crippen LogP contribution in [0.4, 0.5) is 0 Å². The van der Waals surface area contributed by atoms with Crippen LogP contribution in [0, 0.1) is 0 Å². The minimum absolute atomic E-state index is 0.0205. The molecule has 0 aliphatic rings. The summed E-state index contributed by atoms with van der Waals surface area (Å²) < 4.78 is 24.6. The van der Waals surface area contributed by atoms with Gasteiger partial charge in [-0.1, -0.05) is 19.1 Å². The normalized spacial score (nSPS) is 15.2. The molecule has 0 saturated carbocycles. The lowest BCUT2D eigenvalue weighted by atomic mass is 10.1. The number of nitrogens with one attached hydrogen (secondary N) is 1. The fourth-order valence-corrected chi connectivity index (χ4v) is 4.76. The number of carboxylic acid groups (broad SMARTS) is 1. The van der Waals surface area contributed by atoms with E-state index in [-0.39, 0.29) is 10.6 Å². The maximum absolute atomic E-state index is 12.3. The summed E-state index contributed by atoms with van der Waals surface area (Å²) in [4.78, 5) is 23.6. The Labute approximate surface area is 151 Å². The van der Waals surface area contributed by atoms with E-state index in [1.165, 1.54) is 6.07 Å². The number of sulfone groups is 1. The molecule has 1 aromatic carbocycles. The van der Waals surface area contributed by atoms with Crippen LogP contribution >= 0.6 is 11.8 Å². The fourth-order valence-electron chi connectivity index (χ4n) is 1.91. The third kappa shape index (κ3) is 6.02. The summed E-state index contributed by atoms with van der Waals surface area (Å²) in [6.07, 6.45) is 0.488. The topological polar surface area (TPSA) is 121 Å². The fraction of sp³-hybridized carbons (Fsp3) is 0.500. The molecule has 7 nitrogen and oxygen atoms in total. The molecule has 0 spiro atoms. The zero-order valence-electron chi connectivity index (χ0n) is 14.4. The van der Waals surface area contributed by atoms with Gasteiger partial charge in [0.2, 0.25) is 5.91 Å². The molecular formula is C16H23NO6S2. The van der Waals surface area contributed by atoms with Crippen LogP contribution in [0.25, 0.3) is 0 Å². The van der Waals surface area contributed by atoms with Crippen molar-refractivity contribution in [2.24, 2.45) is 0 Å². The van der Waals surface area contributed by atoms with E-state index in [1.807, 2.05) is 0 Å². The largest absolute Gasteiger partial charge is 0.479 e. The first-order valence-electron chi connectivity index (χ1n) is 7.73. The lowest BCUT2D eigenvalue weighted by molar-refractivity contribution is -0.156. The first-order valence-corrected chi connectivity index (χ1v) is 10.3. The van der Waals surface area contributed by atoms with Crippen molar-refractivity contribution < 1.29 is 28.2 Å². The molecule has 2 unspecified atom stereocenters. The second-order valence-electron chi connectivity index (χ2n) is 5.82. The monoisotopic (exact) mass is 389 g/mol. The predicted molar refractivity (Wildman–Crippen MR) is 95.4 cm³/mol. The zero-order chi connectivity index (χ0) is 19.3. The third-order valence-electron chi connectivity index (χ3n) is 3.40. The van der Waals surface area contributed by atoms with Gasteiger partial charge in [0.1, 0.15) is 0 Å². The number of hydrogen-bond donors (Lipinski definition) is 3. The number of carbonyl (C=O) groups excluding carboxylic acids is 1. The first kappa shape index (κ1) is 21.5. The van der Waals surface area contributed by atoms with Gasteiger partial charge in [0.05, 0.1) is 22.4 Å². The number of carbonyl (C=O) groups is 2. The highest BCUT2D eigenvalue weighted by atomic mass is 32.2. The van der Waals surface area contributed by atoms with Crippen molar-refractivity contribution in [1.29, 1.82) is 0 Å². The minimum atomic E-state index is -3.43. The van der Waals surface area contributed by atoms with Gasteiger partial charge in [-0.25, -0.2) is 13.2 Å². The van der Waals surface area contributed by atoms with E-state index < -0.39 is 39.1 Å². The molecule has 0 saturated heterocycles. The standard InChI is InChI=1S/C16H23NO6S2/c1-4-9-25(22,23)13-8-6-5-7-12(13)24-11(2)14(18)17-10-16(3,21)15(19)20/h5-8,11,21H,4,9-10H2,1-3H3,(H,17,18)(H,19,20). The average Bonchev–Trinajstić information content (AvgIpc) is 2.52. The highest BCUT2D eigenvalue weighted by molar-refractivity contribution is 8.01. The summed E-state index contributed by atoms with van der Waals surface area (Å²) in [5.74, 6) is -1.91. The van der Waals surface area contributed by atoms with Gasteiger partial charge in [-0.05, 0) is 32.4 Å². The Hall–Kier alpha value is -1.58.